The van der Waals surface area contributed by atoms with Crippen molar-refractivity contribution in [3.8, 4) is 79.0 Å². The second-order valence-corrected chi connectivity index (χ2v) is 19.3. The number of rotatable bonds is 4. The molecule has 4 aliphatic rings. The molecule has 0 saturated heterocycles. The lowest BCUT2D eigenvalue weighted by molar-refractivity contribution is 0.450. The van der Waals surface area contributed by atoms with Crippen LogP contribution in [0.1, 0.15) is 45.6 Å². The van der Waals surface area contributed by atoms with E-state index < -0.39 is 0 Å². The lowest BCUT2D eigenvalue weighted by Crippen LogP contribution is -1.90. The van der Waals surface area contributed by atoms with Gasteiger partial charge in [0.2, 0.25) is 0 Å². The van der Waals surface area contributed by atoms with Crippen molar-refractivity contribution in [2.24, 2.45) is 0 Å². The van der Waals surface area contributed by atoms with Crippen LogP contribution in [0.25, 0.3) is 137 Å². The first-order chi connectivity index (χ1) is 38.3. The molecule has 0 radical (unpaired) electrons. The zero-order valence-corrected chi connectivity index (χ0v) is 41.6. The third-order valence-electron chi connectivity index (χ3n) is 13.5. The summed E-state index contributed by atoms with van der Waals surface area (Å²) < 4.78 is 0. The van der Waals surface area contributed by atoms with Gasteiger partial charge in [0.1, 0.15) is 34.5 Å². The summed E-state index contributed by atoms with van der Waals surface area (Å²) in [5, 5.41) is 63.7. The Morgan fingerprint density at radius 2 is 0.722 bits per heavy atom. The van der Waals surface area contributed by atoms with E-state index in [1.54, 1.807) is 30.3 Å². The molecule has 0 amide bonds. The molecular formula is C64H45N9O6. The summed E-state index contributed by atoms with van der Waals surface area (Å²) in [6.45, 7) is 0. The Morgan fingerprint density at radius 3 is 1.24 bits per heavy atom. The normalized spacial score (nSPS) is 12.2. The van der Waals surface area contributed by atoms with E-state index in [9.17, 15) is 30.6 Å². The Morgan fingerprint density at radius 1 is 0.304 bits per heavy atom. The highest BCUT2D eigenvalue weighted by molar-refractivity contribution is 6.02. The fraction of sp³-hybridized carbons (Fsp3) is 0. The highest BCUT2D eigenvalue weighted by atomic mass is 16.3. The quantitative estimate of drug-likeness (QED) is 0.0739. The maximum atomic E-state index is 10.7. The highest BCUT2D eigenvalue weighted by Crippen LogP contribution is 2.42. The molecule has 10 heterocycles. The van der Waals surface area contributed by atoms with E-state index in [2.05, 4.69) is 60.2 Å². The number of fused-ring (bicyclic) bond motifs is 16. The number of aromatic hydroxyl groups is 6. The van der Waals surface area contributed by atoms with Crippen LogP contribution in [-0.2, 0) is 0 Å². The van der Waals surface area contributed by atoms with Gasteiger partial charge < -0.3 is 56.3 Å². The molecule has 14 rings (SSSR count). The van der Waals surface area contributed by atoms with Gasteiger partial charge in [-0.25, -0.2) is 19.9 Å². The van der Waals surface area contributed by atoms with E-state index in [-0.39, 0.29) is 34.5 Å². The summed E-state index contributed by atoms with van der Waals surface area (Å²) in [5.41, 5.74) is 23.9. The van der Waals surface area contributed by atoms with Crippen LogP contribution >= 0.6 is 0 Å². The predicted molar refractivity (Wildman–Crippen MR) is 314 cm³/mol. The number of nitrogens with two attached hydrogens (primary N) is 1. The molecule has 79 heavy (non-hydrogen) atoms. The lowest BCUT2D eigenvalue weighted by Gasteiger charge is -2.09. The number of benzene rings is 4. The maximum absolute atomic E-state index is 10.7. The number of aromatic nitrogens is 8. The van der Waals surface area contributed by atoms with Crippen molar-refractivity contribution >= 4 is 98.4 Å². The van der Waals surface area contributed by atoms with Gasteiger partial charge in [-0.3, -0.25) is 0 Å². The van der Waals surface area contributed by atoms with Crippen molar-refractivity contribution in [3.63, 3.8) is 0 Å². The van der Waals surface area contributed by atoms with E-state index >= 15 is 0 Å². The minimum Gasteiger partial charge on any atom is -0.508 e. The topological polar surface area (TPSA) is 262 Å². The predicted octanol–water partition coefficient (Wildman–Crippen LogP) is 13.8. The van der Waals surface area contributed by atoms with E-state index in [4.69, 9.17) is 15.7 Å². The van der Waals surface area contributed by atoms with Crippen molar-refractivity contribution < 1.29 is 30.6 Å². The van der Waals surface area contributed by atoms with Crippen LogP contribution < -0.4 is 5.73 Å². The monoisotopic (exact) mass is 1040 g/mol. The van der Waals surface area contributed by atoms with E-state index in [1.807, 2.05) is 109 Å². The minimum absolute atomic E-state index is 0.129. The van der Waals surface area contributed by atoms with Gasteiger partial charge in [0.25, 0.3) is 0 Å². The molecule has 16 bridgehead atoms. The maximum Gasteiger partial charge on any atom is 0.119 e. The molecule has 15 heteroatoms. The van der Waals surface area contributed by atoms with Crippen molar-refractivity contribution in [2.75, 3.05) is 5.73 Å². The number of nitrogen functional groups attached to an aromatic ring is 1. The Kier molecular flexibility index (Phi) is 11.5. The fourth-order valence-electron chi connectivity index (χ4n) is 10.2. The number of hydrogen-bond donors (Lipinski definition) is 11. The van der Waals surface area contributed by atoms with Gasteiger partial charge in [0, 0.05) is 84.8 Å². The summed E-state index contributed by atoms with van der Waals surface area (Å²) in [7, 11) is 0. The molecule has 0 spiro atoms. The van der Waals surface area contributed by atoms with Crippen molar-refractivity contribution in [3.05, 3.63) is 197 Å². The zero-order chi connectivity index (χ0) is 53.9. The van der Waals surface area contributed by atoms with Gasteiger partial charge in [-0.05, 0) is 192 Å². The standard InChI is InChI=1S/C44H31N5O6.C20H14N4/c45-26-3-1-2-22(10-26)35-18-28-17-27-4-5-36(46-27)41(23-11-29(50)19-30(51)12-23)37-6-7-38(48-37)42(24-13-31(52)20-32(53)14-24)39-8-9-40(49-39)43(44(35)47-28)25-15-33(54)21-34(55)16-25;1-2-14-10-16-5-6-18(23-16)12-20-8-7-19(24-20)11-17-4-3-15(22-17)9-13(1)21-14/h1-21,47-48,50-55H,45H2;1-12,21-22H. The van der Waals surface area contributed by atoms with Gasteiger partial charge in [-0.1, -0.05) is 12.1 Å². The van der Waals surface area contributed by atoms with Gasteiger partial charge >= 0.3 is 0 Å². The molecule has 6 aromatic heterocycles. The molecule has 0 aliphatic carbocycles. The molecule has 10 aromatic rings. The SMILES string of the molecule is C1=Cc2cc3ccc(cc4ccc(cc5nc(cc1n2)C=C5)[nH]4)[nH]3.Nc1cccc(-c2cc3cc4nc(c(-c5cc(O)cc(O)c5)c5ccc([nH]5)c(-c5cc(O)cc(O)c5)c5nc(c(-c6cc(O)cc(O)c6)c2[nH]3)C=C5)C=C4)c1. The Balaban J connectivity index is 0.000000204. The molecule has 15 nitrogen and oxygen atoms in total. The molecular weight excluding hydrogens is 991 g/mol. The van der Waals surface area contributed by atoms with Crippen LogP contribution in [0.15, 0.2) is 152 Å². The number of phenols is 6. The first kappa shape index (κ1) is 47.4. The summed E-state index contributed by atoms with van der Waals surface area (Å²) in [6, 6.07) is 44.3. The number of aromatic amines is 4. The van der Waals surface area contributed by atoms with Crippen LogP contribution in [0.4, 0.5) is 5.69 Å². The minimum atomic E-state index is -0.159. The van der Waals surface area contributed by atoms with Gasteiger partial charge in [-0.15, -0.1) is 0 Å². The van der Waals surface area contributed by atoms with Crippen molar-refractivity contribution in [1.29, 1.82) is 0 Å². The van der Waals surface area contributed by atoms with E-state index in [0.29, 0.717) is 83.9 Å². The summed E-state index contributed by atoms with van der Waals surface area (Å²) in [6.07, 6.45) is 15.4. The number of H-pyrrole nitrogens is 4. The van der Waals surface area contributed by atoms with Crippen LogP contribution in [0.2, 0.25) is 0 Å². The molecule has 0 unspecified atom stereocenters. The summed E-state index contributed by atoms with van der Waals surface area (Å²) >= 11 is 0. The molecule has 4 aromatic carbocycles. The molecule has 0 atom stereocenters. The average Bonchev–Trinajstić information content (AvgIpc) is 4.42. The average molecular weight is 1040 g/mol. The van der Waals surface area contributed by atoms with Crippen LogP contribution in [0, 0.1) is 0 Å². The number of hydrogen-bond acceptors (Lipinski definition) is 11. The second kappa shape index (κ2) is 19.1. The first-order valence-corrected chi connectivity index (χ1v) is 25.0. The van der Waals surface area contributed by atoms with Gasteiger partial charge in [0.15, 0.2) is 0 Å². The second-order valence-electron chi connectivity index (χ2n) is 19.3. The van der Waals surface area contributed by atoms with Crippen LogP contribution in [0.5, 0.6) is 34.5 Å². The highest BCUT2D eigenvalue weighted by Gasteiger charge is 2.21. The number of anilines is 1. The number of nitrogens with zero attached hydrogens (tertiary/aromatic N) is 4. The smallest absolute Gasteiger partial charge is 0.119 e. The van der Waals surface area contributed by atoms with Crippen molar-refractivity contribution in [1.82, 2.24) is 39.9 Å². The third kappa shape index (κ3) is 9.69. The zero-order valence-electron chi connectivity index (χ0n) is 41.6. The molecule has 0 saturated carbocycles. The number of phenolic OH excluding ortho intramolecular Hbond substituents is 6. The third-order valence-corrected chi connectivity index (χ3v) is 13.5. The molecule has 4 aliphatic heterocycles. The Labute approximate surface area is 449 Å². The van der Waals surface area contributed by atoms with Crippen LogP contribution in [0.3, 0.4) is 0 Å². The van der Waals surface area contributed by atoms with Crippen molar-refractivity contribution in [2.45, 2.75) is 0 Å². The van der Waals surface area contributed by atoms with Gasteiger partial charge in [-0.2, -0.15) is 0 Å². The Bertz CT molecular complexity index is 4520. The molecule has 0 fully saturated rings. The fourth-order valence-corrected chi connectivity index (χ4v) is 10.2. The van der Waals surface area contributed by atoms with Gasteiger partial charge in [0.05, 0.1) is 51.1 Å². The van der Waals surface area contributed by atoms with Crippen LogP contribution in [-0.4, -0.2) is 70.5 Å². The largest absolute Gasteiger partial charge is 0.508 e. The van der Waals surface area contributed by atoms with E-state index in [1.165, 1.54) is 30.3 Å². The molecule has 12 N–H and O–H groups in total. The molecule has 382 valence electrons. The lowest BCUT2D eigenvalue weighted by atomic mass is 9.98. The summed E-state index contributed by atoms with van der Waals surface area (Å²) in [4.78, 5) is 33.2. The number of nitrogens with one attached hydrogen (secondary N) is 4. The van der Waals surface area contributed by atoms with E-state index in [0.717, 1.165) is 56.0 Å². The Hall–Kier alpha value is -11.3. The first-order valence-electron chi connectivity index (χ1n) is 25.0. The summed E-state index contributed by atoms with van der Waals surface area (Å²) in [5.74, 6) is -0.867.